The molecule has 0 aromatic carbocycles. The van der Waals surface area contributed by atoms with Gasteiger partial charge >= 0.3 is 6.09 Å². The first kappa shape index (κ1) is 18.5. The summed E-state index contributed by atoms with van der Waals surface area (Å²) >= 11 is 0. The largest absolute Gasteiger partial charge is 0.444 e. The minimum atomic E-state index is -0.443. The Labute approximate surface area is 141 Å². The van der Waals surface area contributed by atoms with Gasteiger partial charge in [-0.2, -0.15) is 0 Å². The summed E-state index contributed by atoms with van der Waals surface area (Å²) in [4.78, 5) is 14.3. The van der Waals surface area contributed by atoms with Crippen molar-refractivity contribution in [3.05, 3.63) is 0 Å². The highest BCUT2D eigenvalue weighted by atomic mass is 16.6. The lowest BCUT2D eigenvalue weighted by Crippen LogP contribution is -2.58. The van der Waals surface area contributed by atoms with Crippen LogP contribution in [0.15, 0.2) is 0 Å². The van der Waals surface area contributed by atoms with Gasteiger partial charge < -0.3 is 19.7 Å². The Hall–Kier alpha value is -0.810. The number of ether oxygens (including phenoxy) is 2. The van der Waals surface area contributed by atoms with Crippen LogP contribution < -0.4 is 5.32 Å². The minimum Gasteiger partial charge on any atom is -0.444 e. The molecular formula is C18H34N2O3. The first-order valence-electron chi connectivity index (χ1n) is 8.97. The molecule has 2 heterocycles. The minimum absolute atomic E-state index is 0.0569. The lowest BCUT2D eigenvalue weighted by molar-refractivity contribution is -0.0665. The van der Waals surface area contributed by atoms with Crippen molar-refractivity contribution < 1.29 is 14.3 Å². The van der Waals surface area contributed by atoms with Gasteiger partial charge in [-0.1, -0.05) is 0 Å². The predicted molar refractivity (Wildman–Crippen MR) is 91.6 cm³/mol. The molecule has 1 amide bonds. The van der Waals surface area contributed by atoms with Crippen LogP contribution in [0.1, 0.15) is 67.2 Å². The molecule has 0 saturated carbocycles. The number of carbonyl (C=O) groups excluding carboxylic acids is 1. The molecule has 0 spiro atoms. The lowest BCUT2D eigenvalue weighted by Gasteiger charge is -2.43. The van der Waals surface area contributed by atoms with Crippen molar-refractivity contribution in [2.45, 2.75) is 96.6 Å². The van der Waals surface area contributed by atoms with E-state index in [1.165, 1.54) is 0 Å². The molecule has 2 fully saturated rings. The van der Waals surface area contributed by atoms with Gasteiger partial charge in [0.1, 0.15) is 5.60 Å². The van der Waals surface area contributed by atoms with E-state index in [-0.39, 0.29) is 17.7 Å². The standard InChI is InChI=1S/C18H34N2O3/c1-13-15(19-14-9-11-22-18(5,6)12-14)8-7-10-20(13)16(21)23-17(2,3)4/h13-15,19H,7-12H2,1-6H3. The maximum Gasteiger partial charge on any atom is 0.410 e. The van der Waals surface area contributed by atoms with E-state index in [2.05, 4.69) is 26.1 Å². The molecular weight excluding hydrogens is 292 g/mol. The Morgan fingerprint density at radius 1 is 1.30 bits per heavy atom. The molecule has 2 aliphatic rings. The van der Waals surface area contributed by atoms with E-state index in [4.69, 9.17) is 9.47 Å². The number of hydrogen-bond acceptors (Lipinski definition) is 4. The topological polar surface area (TPSA) is 50.8 Å². The normalized spacial score (nSPS) is 31.7. The van der Waals surface area contributed by atoms with Crippen molar-refractivity contribution in [2.75, 3.05) is 13.2 Å². The third-order valence-corrected chi connectivity index (χ3v) is 4.76. The molecule has 1 N–H and O–H groups in total. The first-order chi connectivity index (χ1) is 10.6. The maximum atomic E-state index is 12.4. The molecule has 0 aromatic rings. The third-order valence-electron chi connectivity index (χ3n) is 4.76. The average Bonchev–Trinajstić information content (AvgIpc) is 2.38. The number of piperidine rings is 1. The number of rotatable bonds is 2. The van der Waals surface area contributed by atoms with Gasteiger partial charge in [-0.3, -0.25) is 0 Å². The Morgan fingerprint density at radius 2 is 2.00 bits per heavy atom. The van der Waals surface area contributed by atoms with Crippen LogP contribution in [0, 0.1) is 0 Å². The van der Waals surface area contributed by atoms with Crippen molar-refractivity contribution in [3.63, 3.8) is 0 Å². The summed E-state index contributed by atoms with van der Waals surface area (Å²) in [5.41, 5.74) is -0.499. The summed E-state index contributed by atoms with van der Waals surface area (Å²) in [5.74, 6) is 0. The summed E-state index contributed by atoms with van der Waals surface area (Å²) < 4.78 is 11.4. The first-order valence-corrected chi connectivity index (χ1v) is 8.97. The van der Waals surface area contributed by atoms with Crippen molar-refractivity contribution in [1.29, 1.82) is 0 Å². The lowest BCUT2D eigenvalue weighted by atomic mass is 9.91. The quantitative estimate of drug-likeness (QED) is 0.846. The van der Waals surface area contributed by atoms with E-state index in [1.54, 1.807) is 0 Å². The second-order valence-corrected chi connectivity index (χ2v) is 8.63. The monoisotopic (exact) mass is 326 g/mol. The number of hydrogen-bond donors (Lipinski definition) is 1. The molecule has 5 heteroatoms. The molecule has 2 rings (SSSR count). The fourth-order valence-electron chi connectivity index (χ4n) is 3.62. The number of carbonyl (C=O) groups is 1. The zero-order valence-corrected chi connectivity index (χ0v) is 15.6. The van der Waals surface area contributed by atoms with Crippen LogP contribution in [-0.4, -0.2) is 53.5 Å². The van der Waals surface area contributed by atoms with Gasteiger partial charge in [0.25, 0.3) is 0 Å². The summed E-state index contributed by atoms with van der Waals surface area (Å²) in [6.07, 6.45) is 4.00. The van der Waals surface area contributed by atoms with Crippen molar-refractivity contribution in [1.82, 2.24) is 10.2 Å². The molecule has 2 aliphatic heterocycles. The van der Waals surface area contributed by atoms with Gasteiger partial charge in [0, 0.05) is 31.3 Å². The van der Waals surface area contributed by atoms with E-state index >= 15 is 0 Å². The zero-order valence-electron chi connectivity index (χ0n) is 15.6. The van der Waals surface area contributed by atoms with Crippen LogP contribution in [-0.2, 0) is 9.47 Å². The average molecular weight is 326 g/mol. The summed E-state index contributed by atoms with van der Waals surface area (Å²) in [6.45, 7) is 13.8. The molecule has 3 unspecified atom stereocenters. The number of amides is 1. The Morgan fingerprint density at radius 3 is 2.61 bits per heavy atom. The van der Waals surface area contributed by atoms with Gasteiger partial charge in [-0.25, -0.2) is 4.79 Å². The van der Waals surface area contributed by atoms with E-state index in [0.29, 0.717) is 12.1 Å². The zero-order chi connectivity index (χ0) is 17.3. The Bertz CT molecular complexity index is 417. The number of nitrogens with zero attached hydrogens (tertiary/aromatic N) is 1. The van der Waals surface area contributed by atoms with Crippen molar-refractivity contribution >= 4 is 6.09 Å². The molecule has 0 aliphatic carbocycles. The molecule has 2 saturated heterocycles. The Balaban J connectivity index is 1.94. The molecule has 5 nitrogen and oxygen atoms in total. The summed E-state index contributed by atoms with van der Waals surface area (Å²) in [7, 11) is 0. The van der Waals surface area contributed by atoms with E-state index in [0.717, 1.165) is 38.8 Å². The van der Waals surface area contributed by atoms with Crippen LogP contribution in [0.3, 0.4) is 0 Å². The SMILES string of the molecule is CC1C(NC2CCOC(C)(C)C2)CCCN1C(=O)OC(C)(C)C. The van der Waals surface area contributed by atoms with Crippen LogP contribution in [0.5, 0.6) is 0 Å². The van der Waals surface area contributed by atoms with E-state index < -0.39 is 5.60 Å². The van der Waals surface area contributed by atoms with Crippen LogP contribution >= 0.6 is 0 Å². The maximum absolute atomic E-state index is 12.4. The van der Waals surface area contributed by atoms with Crippen LogP contribution in [0.25, 0.3) is 0 Å². The van der Waals surface area contributed by atoms with Gasteiger partial charge in [0.15, 0.2) is 0 Å². The fraction of sp³-hybridized carbons (Fsp3) is 0.944. The predicted octanol–water partition coefficient (Wildman–Crippen LogP) is 3.32. The van der Waals surface area contributed by atoms with E-state index in [9.17, 15) is 4.79 Å². The van der Waals surface area contributed by atoms with Gasteiger partial charge in [0.2, 0.25) is 0 Å². The molecule has 0 aromatic heterocycles. The smallest absolute Gasteiger partial charge is 0.410 e. The van der Waals surface area contributed by atoms with Crippen LogP contribution in [0.2, 0.25) is 0 Å². The van der Waals surface area contributed by atoms with Gasteiger partial charge in [-0.05, 0) is 67.2 Å². The molecule has 3 atom stereocenters. The van der Waals surface area contributed by atoms with Gasteiger partial charge in [-0.15, -0.1) is 0 Å². The highest BCUT2D eigenvalue weighted by Crippen LogP contribution is 2.27. The van der Waals surface area contributed by atoms with E-state index in [1.807, 2.05) is 25.7 Å². The number of likely N-dealkylation sites (tertiary alicyclic amines) is 1. The fourth-order valence-corrected chi connectivity index (χ4v) is 3.62. The Kier molecular flexibility index (Phi) is 5.62. The van der Waals surface area contributed by atoms with Crippen molar-refractivity contribution in [2.24, 2.45) is 0 Å². The van der Waals surface area contributed by atoms with Crippen molar-refractivity contribution in [3.8, 4) is 0 Å². The number of nitrogens with one attached hydrogen (secondary N) is 1. The second kappa shape index (κ2) is 6.98. The third kappa shape index (κ3) is 5.35. The highest BCUT2D eigenvalue weighted by Gasteiger charge is 2.36. The highest BCUT2D eigenvalue weighted by molar-refractivity contribution is 5.68. The molecule has 134 valence electrons. The molecule has 0 bridgehead atoms. The summed E-state index contributed by atoms with van der Waals surface area (Å²) in [5, 5.41) is 3.78. The molecule has 0 radical (unpaired) electrons. The molecule has 23 heavy (non-hydrogen) atoms. The van der Waals surface area contributed by atoms with Gasteiger partial charge in [0.05, 0.1) is 5.60 Å². The van der Waals surface area contributed by atoms with Crippen LogP contribution in [0.4, 0.5) is 4.79 Å². The summed E-state index contributed by atoms with van der Waals surface area (Å²) in [6, 6.07) is 0.949. The second-order valence-electron chi connectivity index (χ2n) is 8.63.